The molecule has 1 atom stereocenters. The quantitative estimate of drug-likeness (QED) is 0.394. The van der Waals surface area contributed by atoms with Crippen molar-refractivity contribution < 1.29 is 9.59 Å². The first-order valence-electron chi connectivity index (χ1n) is 9.22. The van der Waals surface area contributed by atoms with Crippen LogP contribution < -0.4 is 0 Å². The molecule has 1 unspecified atom stereocenters. The van der Waals surface area contributed by atoms with Crippen molar-refractivity contribution in [3.05, 3.63) is 0 Å². The molecule has 1 aliphatic rings. The van der Waals surface area contributed by atoms with Crippen molar-refractivity contribution in [2.75, 3.05) is 26.9 Å². The summed E-state index contributed by atoms with van der Waals surface area (Å²) in [6.07, 6.45) is 16.3. The predicted molar refractivity (Wildman–Crippen MR) is 91.5 cm³/mol. The first-order valence-corrected chi connectivity index (χ1v) is 9.22. The van der Waals surface area contributed by atoms with Gasteiger partial charge >= 0.3 is 0 Å². The fourth-order valence-corrected chi connectivity index (χ4v) is 3.15. The highest BCUT2D eigenvalue weighted by molar-refractivity contribution is 5.76. The lowest BCUT2D eigenvalue weighted by Gasteiger charge is -2.27. The molecule has 3 heteroatoms. The maximum absolute atomic E-state index is 9.46. The van der Waals surface area contributed by atoms with Crippen LogP contribution in [-0.2, 0) is 0 Å². The number of likely N-dealkylation sites (N-methyl/N-ethyl adjacent to an activating group) is 1. The summed E-state index contributed by atoms with van der Waals surface area (Å²) in [5.41, 5.74) is 0. The van der Waals surface area contributed by atoms with Gasteiger partial charge in [-0.05, 0) is 6.42 Å². The smallest absolute Gasteiger partial charge is 0.200 e. The Kier molecular flexibility index (Phi) is 9.94. The van der Waals surface area contributed by atoms with E-state index in [1.807, 2.05) is 0 Å². The van der Waals surface area contributed by atoms with E-state index < -0.39 is 0 Å². The molecule has 1 heterocycles. The van der Waals surface area contributed by atoms with Gasteiger partial charge in [0.15, 0.2) is 12.6 Å². The molecule has 1 aliphatic heterocycles. The van der Waals surface area contributed by atoms with E-state index in [0.717, 1.165) is 19.5 Å². The Morgan fingerprint density at radius 2 is 1.43 bits per heavy atom. The highest BCUT2D eigenvalue weighted by Gasteiger charge is 2.31. The van der Waals surface area contributed by atoms with Crippen LogP contribution in [0.15, 0.2) is 4.99 Å². The molecule has 0 saturated carbocycles. The second-order valence-corrected chi connectivity index (χ2v) is 6.84. The largest absolute Gasteiger partial charge is 0.347 e. The molecule has 0 aliphatic carbocycles. The zero-order chi connectivity index (χ0) is 15.4. The number of hydrogen-bond donors (Lipinski definition) is 1. The number of aliphatic hydroxyl groups is 1. The summed E-state index contributed by atoms with van der Waals surface area (Å²) in [4.78, 5) is 4.57. The molecule has 21 heavy (non-hydrogen) atoms. The van der Waals surface area contributed by atoms with Crippen molar-refractivity contribution in [2.45, 2.75) is 84.0 Å². The minimum atomic E-state index is 0.205. The maximum atomic E-state index is 9.46. The molecule has 3 nitrogen and oxygen atoms in total. The van der Waals surface area contributed by atoms with Crippen LogP contribution in [0.3, 0.4) is 0 Å². The van der Waals surface area contributed by atoms with Crippen LogP contribution in [0.2, 0.25) is 0 Å². The number of quaternary nitrogens is 1. The molecule has 0 radical (unpaired) electrons. The highest BCUT2D eigenvalue weighted by Crippen LogP contribution is 2.17. The molecule has 0 bridgehead atoms. The number of hydrogen-bond acceptors (Lipinski definition) is 2. The standard InChI is InChI=1S/C18H37N2O/c1-3-4-5-6-7-8-9-10-11-12-13-14-18-19-15-16-20(18,2)17-21/h21H,3-17H2,1-2H3/q+1. The first kappa shape index (κ1) is 18.6. The predicted octanol–water partition coefficient (Wildman–Crippen LogP) is 4.50. The number of rotatable bonds is 13. The van der Waals surface area contributed by atoms with Crippen molar-refractivity contribution in [3.8, 4) is 0 Å². The summed E-state index contributed by atoms with van der Waals surface area (Å²) in [5, 5.41) is 9.46. The van der Waals surface area contributed by atoms with Gasteiger partial charge in [-0.1, -0.05) is 71.1 Å². The van der Waals surface area contributed by atoms with E-state index in [4.69, 9.17) is 0 Å². The van der Waals surface area contributed by atoms with E-state index in [1.54, 1.807) is 0 Å². The van der Waals surface area contributed by atoms with Gasteiger partial charge in [0.25, 0.3) is 0 Å². The molecule has 0 aromatic carbocycles. The number of nitrogens with zero attached hydrogens (tertiary/aromatic N) is 2. The van der Waals surface area contributed by atoms with Gasteiger partial charge in [-0.3, -0.25) is 4.48 Å². The summed E-state index contributed by atoms with van der Waals surface area (Å²) in [5.74, 6) is 1.22. The second kappa shape index (κ2) is 11.2. The van der Waals surface area contributed by atoms with Crippen LogP contribution in [0.4, 0.5) is 0 Å². The van der Waals surface area contributed by atoms with Crippen LogP contribution >= 0.6 is 0 Å². The van der Waals surface area contributed by atoms with E-state index in [9.17, 15) is 5.11 Å². The molecule has 0 amide bonds. The Morgan fingerprint density at radius 1 is 0.905 bits per heavy atom. The van der Waals surface area contributed by atoms with Crippen LogP contribution in [0, 0.1) is 0 Å². The number of aliphatic hydroxyl groups excluding tert-OH is 1. The lowest BCUT2D eigenvalue weighted by Crippen LogP contribution is -2.47. The van der Waals surface area contributed by atoms with Gasteiger partial charge in [0.2, 0.25) is 0 Å². The maximum Gasteiger partial charge on any atom is 0.200 e. The Balaban J connectivity index is 1.89. The Morgan fingerprint density at radius 3 is 1.95 bits per heavy atom. The fraction of sp³-hybridized carbons (Fsp3) is 0.944. The highest BCUT2D eigenvalue weighted by atomic mass is 16.3. The van der Waals surface area contributed by atoms with E-state index in [1.165, 1.54) is 76.5 Å². The monoisotopic (exact) mass is 297 g/mol. The van der Waals surface area contributed by atoms with Gasteiger partial charge in [0, 0.05) is 6.42 Å². The van der Waals surface area contributed by atoms with Crippen LogP contribution in [-0.4, -0.2) is 42.3 Å². The fourth-order valence-electron chi connectivity index (χ4n) is 3.15. The number of amidine groups is 1. The first-order chi connectivity index (χ1) is 10.2. The van der Waals surface area contributed by atoms with Gasteiger partial charge in [-0.25, -0.2) is 4.99 Å². The van der Waals surface area contributed by atoms with Crippen molar-refractivity contribution in [2.24, 2.45) is 4.99 Å². The van der Waals surface area contributed by atoms with E-state index >= 15 is 0 Å². The Labute approximate surface area is 132 Å². The van der Waals surface area contributed by atoms with Crippen molar-refractivity contribution in [1.29, 1.82) is 0 Å². The third-order valence-corrected chi connectivity index (χ3v) is 4.83. The molecule has 1 N–H and O–H groups in total. The normalized spacial score (nSPS) is 21.8. The summed E-state index contributed by atoms with van der Waals surface area (Å²) in [6, 6.07) is 0. The average Bonchev–Trinajstić information content (AvgIpc) is 2.86. The molecule has 0 saturated heterocycles. The van der Waals surface area contributed by atoms with Crippen molar-refractivity contribution in [1.82, 2.24) is 0 Å². The van der Waals surface area contributed by atoms with Crippen LogP contribution in [0.5, 0.6) is 0 Å². The van der Waals surface area contributed by atoms with E-state index in [2.05, 4.69) is 19.0 Å². The Bertz CT molecular complexity index is 291. The Hall–Kier alpha value is -0.410. The minimum Gasteiger partial charge on any atom is -0.347 e. The molecule has 0 spiro atoms. The molecule has 0 aromatic rings. The minimum absolute atomic E-state index is 0.205. The summed E-state index contributed by atoms with van der Waals surface area (Å²) in [7, 11) is 2.10. The summed E-state index contributed by atoms with van der Waals surface area (Å²) >= 11 is 0. The second-order valence-electron chi connectivity index (χ2n) is 6.84. The van der Waals surface area contributed by atoms with Crippen LogP contribution in [0.25, 0.3) is 0 Å². The van der Waals surface area contributed by atoms with Crippen LogP contribution in [0.1, 0.15) is 84.0 Å². The number of unbranched alkanes of at least 4 members (excludes halogenated alkanes) is 10. The third-order valence-electron chi connectivity index (χ3n) is 4.83. The van der Waals surface area contributed by atoms with Gasteiger partial charge < -0.3 is 5.11 Å². The van der Waals surface area contributed by atoms with Gasteiger partial charge in [-0.15, -0.1) is 0 Å². The zero-order valence-corrected chi connectivity index (χ0v) is 14.4. The molecular formula is C18H37N2O+. The van der Waals surface area contributed by atoms with Crippen molar-refractivity contribution >= 4 is 5.84 Å². The van der Waals surface area contributed by atoms with E-state index in [-0.39, 0.29) is 6.73 Å². The third kappa shape index (κ3) is 7.42. The molecule has 0 fully saturated rings. The van der Waals surface area contributed by atoms with E-state index in [0.29, 0.717) is 4.48 Å². The molecule has 124 valence electrons. The van der Waals surface area contributed by atoms with Gasteiger partial charge in [0.05, 0.1) is 13.6 Å². The molecule has 1 rings (SSSR count). The van der Waals surface area contributed by atoms with Crippen molar-refractivity contribution in [3.63, 3.8) is 0 Å². The molecular weight excluding hydrogens is 260 g/mol. The summed E-state index contributed by atoms with van der Waals surface area (Å²) in [6.45, 7) is 4.35. The summed E-state index contributed by atoms with van der Waals surface area (Å²) < 4.78 is 0.664. The SMILES string of the molecule is CCCCCCCCCCCCCC1=NCC[N+]1(C)CO. The molecule has 0 aromatic heterocycles. The van der Waals surface area contributed by atoms with Gasteiger partial charge in [0.1, 0.15) is 6.54 Å². The van der Waals surface area contributed by atoms with Gasteiger partial charge in [-0.2, -0.15) is 0 Å². The number of aliphatic imine (C=N–C) groups is 1. The topological polar surface area (TPSA) is 32.6 Å². The lowest BCUT2D eigenvalue weighted by molar-refractivity contribution is -0.836. The lowest BCUT2D eigenvalue weighted by atomic mass is 10.0. The average molecular weight is 298 g/mol. The zero-order valence-electron chi connectivity index (χ0n) is 14.4.